The van der Waals surface area contributed by atoms with Crippen LogP contribution in [-0.2, 0) is 6.42 Å². The van der Waals surface area contributed by atoms with Crippen molar-refractivity contribution < 1.29 is 15.0 Å². The fourth-order valence-electron chi connectivity index (χ4n) is 2.73. The van der Waals surface area contributed by atoms with E-state index in [1.165, 1.54) is 12.1 Å². The molecule has 0 atom stereocenters. The molecule has 5 nitrogen and oxygen atoms in total. The van der Waals surface area contributed by atoms with Crippen LogP contribution in [0.3, 0.4) is 0 Å². The third-order valence-corrected chi connectivity index (χ3v) is 4.07. The maximum Gasteiger partial charge on any atom is 0.165 e. The van der Waals surface area contributed by atoms with Crippen molar-refractivity contribution in [3.05, 3.63) is 54.0 Å². The second kappa shape index (κ2) is 9.42. The average Bonchev–Trinajstić information content (AvgIpc) is 2.57. The topological polar surface area (TPSA) is 71.1 Å². The van der Waals surface area contributed by atoms with Crippen molar-refractivity contribution in [2.75, 3.05) is 37.6 Å². The van der Waals surface area contributed by atoms with E-state index >= 15 is 0 Å². The van der Waals surface area contributed by atoms with Crippen molar-refractivity contribution in [1.82, 2.24) is 9.88 Å². The predicted molar refractivity (Wildman–Crippen MR) is 95.5 cm³/mol. The second-order valence-electron chi connectivity index (χ2n) is 5.55. The Morgan fingerprint density at radius 2 is 1.83 bits per heavy atom. The molecule has 0 unspecified atom stereocenters. The molecule has 0 radical (unpaired) electrons. The van der Waals surface area contributed by atoms with Gasteiger partial charge in [0.25, 0.3) is 0 Å². The van der Waals surface area contributed by atoms with Crippen LogP contribution in [0.5, 0.6) is 5.75 Å². The number of nitrogens with zero attached hydrogens (tertiary/aromatic N) is 3. The van der Waals surface area contributed by atoms with Crippen LogP contribution in [0.2, 0.25) is 0 Å². The highest BCUT2D eigenvalue weighted by atomic mass is 35.5. The molecule has 0 bridgehead atoms. The number of aromatic hydroxyl groups is 1. The van der Waals surface area contributed by atoms with E-state index in [0.717, 1.165) is 50.5 Å². The van der Waals surface area contributed by atoms with Crippen LogP contribution in [0.4, 0.5) is 10.2 Å². The molecular formula is C17H23ClFN3O2. The van der Waals surface area contributed by atoms with E-state index in [-0.39, 0.29) is 23.6 Å². The van der Waals surface area contributed by atoms with Gasteiger partial charge in [-0.1, -0.05) is 12.1 Å². The minimum Gasteiger partial charge on any atom is -0.505 e. The van der Waals surface area contributed by atoms with Crippen LogP contribution >= 0.6 is 12.4 Å². The number of piperazine rings is 1. The SMILES string of the molecule is Cl.O.Oc1ccc(CCN2CCN(c3ccccn3)CC2)cc1F. The van der Waals surface area contributed by atoms with Gasteiger partial charge >= 0.3 is 0 Å². The zero-order chi connectivity index (χ0) is 15.4. The van der Waals surface area contributed by atoms with Gasteiger partial charge in [-0.15, -0.1) is 12.4 Å². The number of halogens is 2. The second-order valence-corrected chi connectivity index (χ2v) is 5.55. The van der Waals surface area contributed by atoms with Crippen molar-refractivity contribution in [3.63, 3.8) is 0 Å². The van der Waals surface area contributed by atoms with E-state index in [4.69, 9.17) is 0 Å². The Hall–Kier alpha value is -1.89. The molecule has 3 N–H and O–H groups in total. The van der Waals surface area contributed by atoms with E-state index in [1.807, 2.05) is 24.4 Å². The molecular weight excluding hydrogens is 333 g/mol. The first-order chi connectivity index (χ1) is 10.7. The summed E-state index contributed by atoms with van der Waals surface area (Å²) in [6.45, 7) is 4.79. The predicted octanol–water partition coefficient (Wildman–Crippen LogP) is 1.89. The fourth-order valence-corrected chi connectivity index (χ4v) is 2.73. The van der Waals surface area contributed by atoms with Crippen LogP contribution in [0, 0.1) is 5.82 Å². The van der Waals surface area contributed by atoms with Gasteiger partial charge < -0.3 is 15.5 Å². The number of phenols is 1. The van der Waals surface area contributed by atoms with Gasteiger partial charge in [0, 0.05) is 38.9 Å². The molecule has 0 spiro atoms. The number of anilines is 1. The molecule has 0 saturated carbocycles. The van der Waals surface area contributed by atoms with Crippen molar-refractivity contribution in [2.24, 2.45) is 0 Å². The summed E-state index contributed by atoms with van der Waals surface area (Å²) in [6.07, 6.45) is 2.61. The van der Waals surface area contributed by atoms with E-state index < -0.39 is 5.82 Å². The molecule has 2 heterocycles. The lowest BCUT2D eigenvalue weighted by atomic mass is 10.1. The summed E-state index contributed by atoms with van der Waals surface area (Å²) >= 11 is 0. The van der Waals surface area contributed by atoms with E-state index in [0.29, 0.717) is 0 Å². The summed E-state index contributed by atoms with van der Waals surface area (Å²) in [5, 5.41) is 9.20. The zero-order valence-corrected chi connectivity index (χ0v) is 14.2. The third kappa shape index (κ3) is 5.06. The van der Waals surface area contributed by atoms with Gasteiger partial charge in [-0.05, 0) is 36.2 Å². The van der Waals surface area contributed by atoms with Crippen LogP contribution < -0.4 is 4.90 Å². The highest BCUT2D eigenvalue weighted by molar-refractivity contribution is 5.85. The maximum absolute atomic E-state index is 13.3. The van der Waals surface area contributed by atoms with Crippen molar-refractivity contribution in [1.29, 1.82) is 0 Å². The van der Waals surface area contributed by atoms with Gasteiger partial charge in [0.2, 0.25) is 0 Å². The first-order valence-electron chi connectivity index (χ1n) is 7.58. The molecule has 1 aromatic heterocycles. The molecule has 1 saturated heterocycles. The number of benzene rings is 1. The Morgan fingerprint density at radius 3 is 2.46 bits per heavy atom. The Balaban J connectivity index is 0.00000144. The van der Waals surface area contributed by atoms with Crippen LogP contribution in [-0.4, -0.2) is 53.2 Å². The number of rotatable bonds is 4. The molecule has 1 aromatic carbocycles. The van der Waals surface area contributed by atoms with Gasteiger partial charge in [-0.3, -0.25) is 4.90 Å². The minimum absolute atomic E-state index is 0. The summed E-state index contributed by atoms with van der Waals surface area (Å²) in [5.74, 6) is 0.202. The highest BCUT2D eigenvalue weighted by Gasteiger charge is 2.17. The summed E-state index contributed by atoms with van der Waals surface area (Å²) < 4.78 is 13.3. The number of hydrogen-bond donors (Lipinski definition) is 1. The van der Waals surface area contributed by atoms with Gasteiger partial charge in [-0.2, -0.15) is 0 Å². The normalized spacial score (nSPS) is 14.6. The molecule has 1 fully saturated rings. The van der Waals surface area contributed by atoms with Gasteiger partial charge in [0.1, 0.15) is 5.82 Å². The van der Waals surface area contributed by atoms with E-state index in [9.17, 15) is 9.50 Å². The number of aromatic nitrogens is 1. The molecule has 1 aliphatic rings. The standard InChI is InChI=1S/C17H20FN3O.ClH.H2O/c18-15-13-14(4-5-16(15)22)6-8-20-9-11-21(12-10-20)17-3-1-2-7-19-17;;/h1-5,7,13,22H,6,8-12H2;1H;1H2. The molecule has 132 valence electrons. The van der Waals surface area contributed by atoms with Gasteiger partial charge in [0.15, 0.2) is 11.6 Å². The molecule has 24 heavy (non-hydrogen) atoms. The van der Waals surface area contributed by atoms with Crippen molar-refractivity contribution in [2.45, 2.75) is 6.42 Å². The molecule has 2 aromatic rings. The quantitative estimate of drug-likeness (QED) is 0.909. The average molecular weight is 356 g/mol. The monoisotopic (exact) mass is 355 g/mol. The number of phenolic OH excluding ortho intramolecular Hbond substituents is 1. The van der Waals surface area contributed by atoms with Crippen molar-refractivity contribution in [3.8, 4) is 5.75 Å². The zero-order valence-electron chi connectivity index (χ0n) is 13.4. The third-order valence-electron chi connectivity index (χ3n) is 4.07. The first-order valence-corrected chi connectivity index (χ1v) is 7.58. The Labute approximate surface area is 147 Å². The van der Waals surface area contributed by atoms with Crippen LogP contribution in [0.25, 0.3) is 0 Å². The highest BCUT2D eigenvalue weighted by Crippen LogP contribution is 2.17. The van der Waals surface area contributed by atoms with Crippen LogP contribution in [0.1, 0.15) is 5.56 Å². The molecule has 1 aliphatic heterocycles. The Kier molecular flexibility index (Phi) is 7.91. The van der Waals surface area contributed by atoms with Crippen LogP contribution in [0.15, 0.2) is 42.6 Å². The molecule has 0 amide bonds. The molecule has 7 heteroatoms. The number of pyridine rings is 1. The lowest BCUT2D eigenvalue weighted by molar-refractivity contribution is 0.260. The van der Waals surface area contributed by atoms with E-state index in [2.05, 4.69) is 14.8 Å². The lowest BCUT2D eigenvalue weighted by Gasteiger charge is -2.35. The Morgan fingerprint density at radius 1 is 1.08 bits per heavy atom. The number of hydrogen-bond acceptors (Lipinski definition) is 4. The first kappa shape index (κ1) is 20.2. The summed E-state index contributed by atoms with van der Waals surface area (Å²) in [6, 6.07) is 10.6. The lowest BCUT2D eigenvalue weighted by Crippen LogP contribution is -2.47. The maximum atomic E-state index is 13.3. The molecule has 3 rings (SSSR count). The molecule has 0 aliphatic carbocycles. The van der Waals surface area contributed by atoms with Crippen molar-refractivity contribution >= 4 is 18.2 Å². The largest absolute Gasteiger partial charge is 0.505 e. The minimum atomic E-state index is -0.544. The fraction of sp³-hybridized carbons (Fsp3) is 0.353. The smallest absolute Gasteiger partial charge is 0.165 e. The summed E-state index contributed by atoms with van der Waals surface area (Å²) in [4.78, 5) is 9.05. The van der Waals surface area contributed by atoms with Gasteiger partial charge in [-0.25, -0.2) is 9.37 Å². The van der Waals surface area contributed by atoms with E-state index in [1.54, 1.807) is 6.07 Å². The summed E-state index contributed by atoms with van der Waals surface area (Å²) in [5.41, 5.74) is 0.919. The van der Waals surface area contributed by atoms with Gasteiger partial charge in [0.05, 0.1) is 0 Å². The Bertz CT molecular complexity index is 622. The summed E-state index contributed by atoms with van der Waals surface area (Å²) in [7, 11) is 0.